The van der Waals surface area contributed by atoms with Crippen LogP contribution in [0.15, 0.2) is 17.0 Å². The molecule has 0 aliphatic heterocycles. The zero-order chi connectivity index (χ0) is 8.10. The van der Waals surface area contributed by atoms with Crippen LogP contribution in [0, 0.1) is 0 Å². The fourth-order valence-corrected chi connectivity index (χ4v) is 1.04. The van der Waals surface area contributed by atoms with Crippen LogP contribution in [-0.4, -0.2) is 10.9 Å². The maximum absolute atomic E-state index is 10.6. The molecule has 1 aromatic rings. The van der Waals surface area contributed by atoms with Crippen molar-refractivity contribution < 1.29 is 4.79 Å². The lowest BCUT2D eigenvalue weighted by Crippen LogP contribution is -2.27. The molecule has 7 heteroatoms. The maximum Gasteiger partial charge on any atom is 0.257 e. The molecular formula is C6H9Cl2N3OS. The largest absolute Gasteiger partial charge is 0.291 e. The molecule has 3 N–H and O–H groups in total. The summed E-state index contributed by atoms with van der Waals surface area (Å²) in [6.07, 6.45) is 2.92. The van der Waals surface area contributed by atoms with Crippen molar-refractivity contribution in [2.75, 3.05) is 0 Å². The van der Waals surface area contributed by atoms with Crippen molar-refractivity contribution in [1.82, 2.24) is 10.4 Å². The van der Waals surface area contributed by atoms with Gasteiger partial charge in [-0.25, -0.2) is 10.8 Å². The number of halogens is 2. The summed E-state index contributed by atoms with van der Waals surface area (Å²) in [7, 11) is 0. The summed E-state index contributed by atoms with van der Waals surface area (Å²) < 4.78 is 0. The standard InChI is InChI=1S/C6H7N3OS.2ClH/c7-9-6(10)2-1-5-3-11-4-8-5;;/h1-4H,7H2,(H,9,10);2*1H/b2-1+;;. The van der Waals surface area contributed by atoms with Gasteiger partial charge in [0.15, 0.2) is 0 Å². The van der Waals surface area contributed by atoms with E-state index in [9.17, 15) is 4.79 Å². The average Bonchev–Trinajstić information content (AvgIpc) is 2.52. The van der Waals surface area contributed by atoms with Crippen molar-refractivity contribution >= 4 is 48.1 Å². The lowest BCUT2D eigenvalue weighted by atomic mass is 10.4. The summed E-state index contributed by atoms with van der Waals surface area (Å²) in [4.78, 5) is 14.5. The van der Waals surface area contributed by atoms with Gasteiger partial charge in [-0.05, 0) is 6.08 Å². The highest BCUT2D eigenvalue weighted by molar-refractivity contribution is 7.07. The predicted octanol–water partition coefficient (Wildman–Crippen LogP) is 0.990. The van der Waals surface area contributed by atoms with Crippen molar-refractivity contribution in [1.29, 1.82) is 0 Å². The molecule has 0 saturated carbocycles. The van der Waals surface area contributed by atoms with Crippen molar-refractivity contribution in [3.05, 3.63) is 22.7 Å². The number of hydrogen-bond donors (Lipinski definition) is 2. The molecule has 1 heterocycles. The molecule has 0 spiro atoms. The van der Waals surface area contributed by atoms with Crippen LogP contribution in [0.3, 0.4) is 0 Å². The van der Waals surface area contributed by atoms with E-state index in [2.05, 4.69) is 4.98 Å². The quantitative estimate of drug-likeness (QED) is 0.351. The predicted molar refractivity (Wildman–Crippen MR) is 58.0 cm³/mol. The zero-order valence-electron chi connectivity index (χ0n) is 6.47. The molecule has 0 aliphatic rings. The Kier molecular flexibility index (Phi) is 9.16. The number of carbonyl (C=O) groups excluding carboxylic acids is 1. The van der Waals surface area contributed by atoms with Crippen LogP contribution >= 0.6 is 36.2 Å². The molecule has 1 aromatic heterocycles. The molecule has 0 aromatic carbocycles. The van der Waals surface area contributed by atoms with Crippen LogP contribution in [0.25, 0.3) is 6.08 Å². The summed E-state index contributed by atoms with van der Waals surface area (Å²) in [5.41, 5.74) is 4.43. The summed E-state index contributed by atoms with van der Waals surface area (Å²) in [6.45, 7) is 0. The van der Waals surface area contributed by atoms with E-state index < -0.39 is 0 Å². The summed E-state index contributed by atoms with van der Waals surface area (Å²) in [5.74, 6) is 4.51. The van der Waals surface area contributed by atoms with Gasteiger partial charge in [-0.15, -0.1) is 36.2 Å². The van der Waals surface area contributed by atoms with Crippen LogP contribution < -0.4 is 11.3 Å². The van der Waals surface area contributed by atoms with Gasteiger partial charge in [-0.3, -0.25) is 10.2 Å². The first-order chi connectivity index (χ1) is 5.33. The average molecular weight is 242 g/mol. The Morgan fingerprint density at radius 3 is 2.77 bits per heavy atom. The lowest BCUT2D eigenvalue weighted by Gasteiger charge is -1.87. The number of amides is 1. The van der Waals surface area contributed by atoms with Crippen molar-refractivity contribution in [2.45, 2.75) is 0 Å². The van der Waals surface area contributed by atoms with E-state index in [0.717, 1.165) is 5.69 Å². The highest BCUT2D eigenvalue weighted by atomic mass is 35.5. The first-order valence-electron chi connectivity index (χ1n) is 2.90. The molecule has 0 aliphatic carbocycles. The molecule has 4 nitrogen and oxygen atoms in total. The summed E-state index contributed by atoms with van der Waals surface area (Å²) in [6, 6.07) is 0. The van der Waals surface area contributed by atoms with Crippen LogP contribution in [-0.2, 0) is 4.79 Å². The number of nitrogens with one attached hydrogen (secondary N) is 1. The van der Waals surface area contributed by atoms with Gasteiger partial charge in [-0.1, -0.05) is 0 Å². The molecule has 74 valence electrons. The number of nitrogens with zero attached hydrogens (tertiary/aromatic N) is 1. The van der Waals surface area contributed by atoms with E-state index in [1.807, 2.05) is 10.8 Å². The first kappa shape index (κ1) is 14.9. The molecule has 1 rings (SSSR count). The molecule has 0 unspecified atom stereocenters. The number of carbonyl (C=O) groups is 1. The molecule has 0 bridgehead atoms. The smallest absolute Gasteiger partial charge is 0.257 e. The van der Waals surface area contributed by atoms with Gasteiger partial charge in [0.05, 0.1) is 11.2 Å². The van der Waals surface area contributed by atoms with Crippen LogP contribution in [0.4, 0.5) is 0 Å². The summed E-state index contributed by atoms with van der Waals surface area (Å²) in [5, 5.41) is 1.83. The number of thiazole rings is 1. The second-order valence-corrected chi connectivity index (χ2v) is 2.47. The molecular weight excluding hydrogens is 233 g/mol. The molecule has 1 amide bonds. The highest BCUT2D eigenvalue weighted by Gasteiger charge is 1.90. The fraction of sp³-hybridized carbons (Fsp3) is 0. The monoisotopic (exact) mass is 241 g/mol. The molecule has 0 atom stereocenters. The topological polar surface area (TPSA) is 68.0 Å². The molecule has 0 fully saturated rings. The van der Waals surface area contributed by atoms with E-state index >= 15 is 0 Å². The second kappa shape index (κ2) is 8.00. The Bertz CT molecular complexity index is 263. The third-order valence-corrected chi connectivity index (χ3v) is 1.60. The van der Waals surface area contributed by atoms with Gasteiger partial charge in [0.25, 0.3) is 5.91 Å². The van der Waals surface area contributed by atoms with Crippen LogP contribution in [0.1, 0.15) is 5.69 Å². The van der Waals surface area contributed by atoms with E-state index in [1.165, 1.54) is 17.4 Å². The minimum Gasteiger partial charge on any atom is -0.291 e. The van der Waals surface area contributed by atoms with Gasteiger partial charge in [0.2, 0.25) is 0 Å². The second-order valence-electron chi connectivity index (χ2n) is 1.76. The molecule has 13 heavy (non-hydrogen) atoms. The third-order valence-electron chi connectivity index (χ3n) is 0.999. The summed E-state index contributed by atoms with van der Waals surface area (Å²) >= 11 is 1.47. The van der Waals surface area contributed by atoms with Crippen molar-refractivity contribution in [3.63, 3.8) is 0 Å². The normalized spacial score (nSPS) is 8.69. The van der Waals surface area contributed by atoms with E-state index in [1.54, 1.807) is 11.6 Å². The Hall–Kier alpha value is -0.620. The third kappa shape index (κ3) is 5.59. The number of aromatic nitrogens is 1. The zero-order valence-corrected chi connectivity index (χ0v) is 8.92. The molecule has 0 radical (unpaired) electrons. The van der Waals surface area contributed by atoms with Gasteiger partial charge in [-0.2, -0.15) is 0 Å². The van der Waals surface area contributed by atoms with Gasteiger partial charge in [0.1, 0.15) is 0 Å². The lowest BCUT2D eigenvalue weighted by molar-refractivity contribution is -0.116. The molecule has 0 saturated heterocycles. The first-order valence-corrected chi connectivity index (χ1v) is 3.84. The fourth-order valence-electron chi connectivity index (χ4n) is 0.513. The van der Waals surface area contributed by atoms with E-state index in [4.69, 9.17) is 5.84 Å². The Labute approximate surface area is 92.0 Å². The van der Waals surface area contributed by atoms with Crippen molar-refractivity contribution in [2.24, 2.45) is 5.84 Å². The maximum atomic E-state index is 10.6. The van der Waals surface area contributed by atoms with Gasteiger partial charge < -0.3 is 0 Å². The number of nitrogens with two attached hydrogens (primary N) is 1. The number of rotatable bonds is 2. The Morgan fingerprint density at radius 2 is 2.31 bits per heavy atom. The SMILES string of the molecule is Cl.Cl.NNC(=O)/C=C/c1cscn1. The van der Waals surface area contributed by atoms with Crippen molar-refractivity contribution in [3.8, 4) is 0 Å². The Morgan fingerprint density at radius 1 is 1.62 bits per heavy atom. The van der Waals surface area contributed by atoms with E-state index in [0.29, 0.717) is 0 Å². The minimum absolute atomic E-state index is 0. The number of hydrogen-bond acceptors (Lipinski definition) is 4. The highest BCUT2D eigenvalue weighted by Crippen LogP contribution is 2.01. The Balaban J connectivity index is 0. The van der Waals surface area contributed by atoms with E-state index in [-0.39, 0.29) is 30.7 Å². The van der Waals surface area contributed by atoms with Crippen LogP contribution in [0.5, 0.6) is 0 Å². The minimum atomic E-state index is -0.335. The van der Waals surface area contributed by atoms with Crippen LogP contribution in [0.2, 0.25) is 0 Å². The number of hydrazine groups is 1. The van der Waals surface area contributed by atoms with Gasteiger partial charge in [0, 0.05) is 11.5 Å². The van der Waals surface area contributed by atoms with Gasteiger partial charge >= 0.3 is 0 Å².